The predicted octanol–water partition coefficient (Wildman–Crippen LogP) is 3.31. The maximum absolute atomic E-state index is 5.08. The van der Waals surface area contributed by atoms with Crippen LogP contribution in [-0.4, -0.2) is 12.1 Å². The van der Waals surface area contributed by atoms with Gasteiger partial charge in [-0.15, -0.1) is 0 Å². The molecule has 0 spiro atoms. The van der Waals surface area contributed by atoms with Gasteiger partial charge in [0, 0.05) is 15.3 Å². The largest absolute Gasteiger partial charge is 0.481 e. The molecule has 17 heavy (non-hydrogen) atoms. The molecule has 0 amide bonds. The second-order valence-corrected chi connectivity index (χ2v) is 4.78. The number of rotatable bonds is 4. The number of hydrogen-bond donors (Lipinski definition) is 1. The van der Waals surface area contributed by atoms with E-state index in [0.29, 0.717) is 12.4 Å². The van der Waals surface area contributed by atoms with Crippen molar-refractivity contribution in [3.8, 4) is 5.88 Å². The molecule has 1 aromatic heterocycles. The Balaban J connectivity index is 1.99. The van der Waals surface area contributed by atoms with Crippen LogP contribution >= 0.6 is 22.6 Å². The summed E-state index contributed by atoms with van der Waals surface area (Å²) < 4.78 is 6.31. The molecule has 0 radical (unpaired) electrons. The van der Waals surface area contributed by atoms with Gasteiger partial charge in [-0.25, -0.2) is 4.98 Å². The number of pyridine rings is 1. The molecular weight excluding hydrogens is 327 g/mol. The van der Waals surface area contributed by atoms with Gasteiger partial charge in [0.1, 0.15) is 0 Å². The van der Waals surface area contributed by atoms with Gasteiger partial charge in [-0.1, -0.05) is 6.07 Å². The van der Waals surface area contributed by atoms with Crippen LogP contribution < -0.4 is 10.1 Å². The van der Waals surface area contributed by atoms with E-state index in [4.69, 9.17) is 4.74 Å². The first-order chi connectivity index (χ1) is 8.28. The fraction of sp³-hybridized carbons (Fsp3) is 0.154. The van der Waals surface area contributed by atoms with E-state index < -0.39 is 0 Å². The lowest BCUT2D eigenvalue weighted by Crippen LogP contribution is -2.02. The number of anilines is 1. The Labute approximate surface area is 114 Å². The minimum Gasteiger partial charge on any atom is -0.481 e. The average Bonchev–Trinajstić information content (AvgIpc) is 2.38. The summed E-state index contributed by atoms with van der Waals surface area (Å²) in [6.07, 6.45) is 0. The molecule has 2 rings (SSSR count). The van der Waals surface area contributed by atoms with Crippen molar-refractivity contribution in [2.75, 3.05) is 12.4 Å². The van der Waals surface area contributed by atoms with E-state index in [9.17, 15) is 0 Å². The molecule has 0 atom stereocenters. The van der Waals surface area contributed by atoms with Crippen molar-refractivity contribution in [1.82, 2.24) is 4.98 Å². The first-order valence-electron chi connectivity index (χ1n) is 5.27. The molecule has 88 valence electrons. The number of ether oxygens (including phenoxy) is 1. The molecule has 4 heteroatoms. The quantitative estimate of drug-likeness (QED) is 0.868. The lowest BCUT2D eigenvalue weighted by molar-refractivity contribution is 0.396. The van der Waals surface area contributed by atoms with E-state index in [0.717, 1.165) is 11.4 Å². The molecule has 0 aliphatic rings. The van der Waals surface area contributed by atoms with Crippen LogP contribution in [0, 0.1) is 3.57 Å². The lowest BCUT2D eigenvalue weighted by Gasteiger charge is -2.07. The van der Waals surface area contributed by atoms with E-state index in [2.05, 4.69) is 57.2 Å². The molecule has 0 saturated carbocycles. The molecule has 0 aliphatic heterocycles. The van der Waals surface area contributed by atoms with Crippen LogP contribution in [0.5, 0.6) is 5.88 Å². The van der Waals surface area contributed by atoms with Crippen LogP contribution in [-0.2, 0) is 6.54 Å². The Hall–Kier alpha value is -1.30. The zero-order chi connectivity index (χ0) is 12.1. The van der Waals surface area contributed by atoms with Crippen LogP contribution in [0.4, 0.5) is 5.69 Å². The molecule has 1 aromatic carbocycles. The van der Waals surface area contributed by atoms with Crippen LogP contribution in [0.3, 0.4) is 0 Å². The second kappa shape index (κ2) is 5.86. The van der Waals surface area contributed by atoms with Gasteiger partial charge in [0.2, 0.25) is 5.88 Å². The third-order valence-corrected chi connectivity index (χ3v) is 3.03. The van der Waals surface area contributed by atoms with Gasteiger partial charge in [0.15, 0.2) is 0 Å². The summed E-state index contributed by atoms with van der Waals surface area (Å²) in [6, 6.07) is 14.0. The van der Waals surface area contributed by atoms with Crippen molar-refractivity contribution in [2.45, 2.75) is 6.54 Å². The minimum atomic E-state index is 0.645. The van der Waals surface area contributed by atoms with Gasteiger partial charge in [0.25, 0.3) is 0 Å². The summed E-state index contributed by atoms with van der Waals surface area (Å²) in [6.45, 7) is 0.692. The van der Waals surface area contributed by atoms with Gasteiger partial charge >= 0.3 is 0 Å². The highest BCUT2D eigenvalue weighted by atomic mass is 127. The summed E-state index contributed by atoms with van der Waals surface area (Å²) >= 11 is 2.29. The fourth-order valence-corrected chi connectivity index (χ4v) is 1.79. The SMILES string of the molecule is COc1cccc(CNc2ccc(I)cc2)n1. The van der Waals surface area contributed by atoms with Gasteiger partial charge in [-0.3, -0.25) is 0 Å². The zero-order valence-electron chi connectivity index (χ0n) is 9.48. The molecule has 1 N–H and O–H groups in total. The van der Waals surface area contributed by atoms with Crippen LogP contribution in [0.2, 0.25) is 0 Å². The molecule has 3 nitrogen and oxygen atoms in total. The van der Waals surface area contributed by atoms with Crippen molar-refractivity contribution in [2.24, 2.45) is 0 Å². The van der Waals surface area contributed by atoms with E-state index in [1.165, 1.54) is 3.57 Å². The zero-order valence-corrected chi connectivity index (χ0v) is 11.6. The smallest absolute Gasteiger partial charge is 0.213 e. The molecule has 2 aromatic rings. The number of nitrogens with zero attached hydrogens (tertiary/aromatic N) is 1. The second-order valence-electron chi connectivity index (χ2n) is 3.53. The Morgan fingerprint density at radius 3 is 2.65 bits per heavy atom. The molecule has 0 saturated heterocycles. The summed E-state index contributed by atoms with van der Waals surface area (Å²) in [5.74, 6) is 0.645. The summed E-state index contributed by atoms with van der Waals surface area (Å²) in [5.41, 5.74) is 2.05. The highest BCUT2D eigenvalue weighted by Gasteiger charge is 1.97. The van der Waals surface area contributed by atoms with Gasteiger partial charge in [-0.05, 0) is 52.9 Å². The molecule has 0 fully saturated rings. The molecular formula is C13H13IN2O. The summed E-state index contributed by atoms with van der Waals surface area (Å²) in [5, 5.41) is 3.32. The monoisotopic (exact) mass is 340 g/mol. The van der Waals surface area contributed by atoms with Crippen LogP contribution in [0.1, 0.15) is 5.69 Å². The number of halogens is 1. The van der Waals surface area contributed by atoms with Crippen LogP contribution in [0.25, 0.3) is 0 Å². The molecule has 1 heterocycles. The maximum atomic E-state index is 5.08. The standard InChI is InChI=1S/C13H13IN2O/c1-17-13-4-2-3-12(16-13)9-15-11-7-5-10(14)6-8-11/h2-8,15H,9H2,1H3. The third-order valence-electron chi connectivity index (χ3n) is 2.31. The number of hydrogen-bond acceptors (Lipinski definition) is 3. The van der Waals surface area contributed by atoms with Gasteiger partial charge in [-0.2, -0.15) is 0 Å². The topological polar surface area (TPSA) is 34.1 Å². The first-order valence-corrected chi connectivity index (χ1v) is 6.35. The minimum absolute atomic E-state index is 0.645. The third kappa shape index (κ3) is 3.59. The van der Waals surface area contributed by atoms with Crippen LogP contribution in [0.15, 0.2) is 42.5 Å². The van der Waals surface area contributed by atoms with Gasteiger partial charge < -0.3 is 10.1 Å². The Morgan fingerprint density at radius 2 is 1.94 bits per heavy atom. The first kappa shape index (κ1) is 12.2. The number of nitrogens with one attached hydrogen (secondary N) is 1. The molecule has 0 bridgehead atoms. The Bertz CT molecular complexity index is 485. The Morgan fingerprint density at radius 1 is 1.18 bits per heavy atom. The molecule has 0 aliphatic carbocycles. The lowest BCUT2D eigenvalue weighted by atomic mass is 10.3. The van der Waals surface area contributed by atoms with E-state index >= 15 is 0 Å². The Kier molecular flexibility index (Phi) is 4.19. The van der Waals surface area contributed by atoms with Crippen molar-refractivity contribution < 1.29 is 4.74 Å². The van der Waals surface area contributed by atoms with E-state index in [-0.39, 0.29) is 0 Å². The van der Waals surface area contributed by atoms with Crippen molar-refractivity contribution in [3.63, 3.8) is 0 Å². The van der Waals surface area contributed by atoms with Crippen molar-refractivity contribution >= 4 is 28.3 Å². The predicted molar refractivity (Wildman–Crippen MR) is 77.3 cm³/mol. The highest BCUT2D eigenvalue weighted by Crippen LogP contribution is 2.13. The number of benzene rings is 1. The van der Waals surface area contributed by atoms with Crippen molar-refractivity contribution in [1.29, 1.82) is 0 Å². The average molecular weight is 340 g/mol. The van der Waals surface area contributed by atoms with Gasteiger partial charge in [0.05, 0.1) is 19.3 Å². The van der Waals surface area contributed by atoms with E-state index in [1.807, 2.05) is 18.2 Å². The fourth-order valence-electron chi connectivity index (χ4n) is 1.43. The number of methoxy groups -OCH3 is 1. The number of aromatic nitrogens is 1. The molecule has 0 unspecified atom stereocenters. The maximum Gasteiger partial charge on any atom is 0.213 e. The van der Waals surface area contributed by atoms with Crippen molar-refractivity contribution in [3.05, 3.63) is 51.7 Å². The normalized spacial score (nSPS) is 10.0. The highest BCUT2D eigenvalue weighted by molar-refractivity contribution is 14.1. The van der Waals surface area contributed by atoms with E-state index in [1.54, 1.807) is 7.11 Å². The summed E-state index contributed by atoms with van der Waals surface area (Å²) in [7, 11) is 1.62. The summed E-state index contributed by atoms with van der Waals surface area (Å²) in [4.78, 5) is 4.34.